The van der Waals surface area contributed by atoms with Crippen LogP contribution in [0.5, 0.6) is 5.75 Å². The van der Waals surface area contributed by atoms with E-state index < -0.39 is 0 Å². The van der Waals surface area contributed by atoms with Gasteiger partial charge in [-0.2, -0.15) is 0 Å². The Morgan fingerprint density at radius 1 is 1.00 bits per heavy atom. The Balaban J connectivity index is 1.79. The summed E-state index contributed by atoms with van der Waals surface area (Å²) in [5.41, 5.74) is 6.24. The van der Waals surface area contributed by atoms with Crippen molar-refractivity contribution in [2.24, 2.45) is 5.92 Å². The van der Waals surface area contributed by atoms with E-state index in [0.29, 0.717) is 29.5 Å². The average molecular weight is 375 g/mol. The van der Waals surface area contributed by atoms with Crippen molar-refractivity contribution in [2.75, 3.05) is 0 Å². The van der Waals surface area contributed by atoms with Crippen molar-refractivity contribution in [3.8, 4) is 5.75 Å². The van der Waals surface area contributed by atoms with Gasteiger partial charge in [-0.25, -0.2) is 0 Å². The summed E-state index contributed by atoms with van der Waals surface area (Å²) in [7, 11) is 0. The number of carbonyl (C=O) groups is 2. The van der Waals surface area contributed by atoms with E-state index >= 15 is 0 Å². The summed E-state index contributed by atoms with van der Waals surface area (Å²) in [5.74, 6) is 0.618. The highest BCUT2D eigenvalue weighted by molar-refractivity contribution is 6.30. The van der Waals surface area contributed by atoms with Crippen molar-refractivity contribution >= 4 is 23.4 Å². The number of carbonyl (C=O) groups excluding carboxylic acids is 2. The van der Waals surface area contributed by atoms with Crippen LogP contribution in [0, 0.1) is 5.92 Å². The summed E-state index contributed by atoms with van der Waals surface area (Å²) < 4.78 is 5.66. The maximum Gasteiger partial charge on any atom is 0.269 e. The van der Waals surface area contributed by atoms with Crippen LogP contribution in [0.3, 0.4) is 0 Å². The average Bonchev–Trinajstić information content (AvgIpc) is 2.64. The number of hydrazine groups is 1. The first-order valence-electron chi connectivity index (χ1n) is 8.50. The van der Waals surface area contributed by atoms with Crippen LogP contribution in [0.25, 0.3) is 0 Å². The highest BCUT2D eigenvalue weighted by atomic mass is 35.5. The number of benzene rings is 2. The van der Waals surface area contributed by atoms with Crippen molar-refractivity contribution in [3.63, 3.8) is 0 Å². The Morgan fingerprint density at radius 3 is 2.27 bits per heavy atom. The molecule has 0 aliphatic heterocycles. The molecular formula is C20H23ClN2O3. The lowest BCUT2D eigenvalue weighted by Crippen LogP contribution is -2.41. The molecule has 0 atom stereocenters. The molecule has 0 bridgehead atoms. The summed E-state index contributed by atoms with van der Waals surface area (Å²) >= 11 is 5.83. The van der Waals surface area contributed by atoms with Crippen LogP contribution in [0.15, 0.2) is 48.5 Å². The van der Waals surface area contributed by atoms with Crippen LogP contribution in [0.2, 0.25) is 5.02 Å². The summed E-state index contributed by atoms with van der Waals surface area (Å²) in [5, 5.41) is 0.656. The molecule has 5 nitrogen and oxygen atoms in total. The van der Waals surface area contributed by atoms with E-state index in [-0.39, 0.29) is 11.8 Å². The Hall–Kier alpha value is -2.53. The lowest BCUT2D eigenvalue weighted by atomic mass is 10.1. The summed E-state index contributed by atoms with van der Waals surface area (Å²) in [6.07, 6.45) is 1.17. The molecule has 2 amide bonds. The number of halogens is 1. The molecule has 2 aromatic carbocycles. The highest BCUT2D eigenvalue weighted by Crippen LogP contribution is 2.17. The van der Waals surface area contributed by atoms with Crippen LogP contribution in [0.1, 0.15) is 42.6 Å². The van der Waals surface area contributed by atoms with E-state index in [1.807, 2.05) is 26.0 Å². The fourth-order valence-corrected chi connectivity index (χ4v) is 2.26. The third-order valence-corrected chi connectivity index (χ3v) is 3.95. The number of ether oxygens (including phenoxy) is 1. The van der Waals surface area contributed by atoms with Gasteiger partial charge in [-0.1, -0.05) is 37.6 Å². The predicted molar refractivity (Wildman–Crippen MR) is 102 cm³/mol. The molecule has 0 heterocycles. The van der Waals surface area contributed by atoms with Crippen LogP contribution in [-0.4, -0.2) is 11.8 Å². The van der Waals surface area contributed by atoms with E-state index in [1.165, 1.54) is 0 Å². The van der Waals surface area contributed by atoms with Crippen LogP contribution >= 0.6 is 11.6 Å². The smallest absolute Gasteiger partial charge is 0.269 e. The van der Waals surface area contributed by atoms with Crippen LogP contribution in [0.4, 0.5) is 0 Å². The van der Waals surface area contributed by atoms with Crippen LogP contribution in [-0.2, 0) is 11.4 Å². The molecule has 0 aliphatic carbocycles. The SMILES string of the molecule is CC(C)CCC(=O)NNC(=O)c1ccc(COc2ccc(Cl)cc2)cc1. The van der Waals surface area contributed by atoms with Crippen molar-refractivity contribution in [1.82, 2.24) is 10.9 Å². The minimum atomic E-state index is -0.354. The zero-order valence-corrected chi connectivity index (χ0v) is 15.7. The maximum atomic E-state index is 12.0. The summed E-state index contributed by atoms with van der Waals surface area (Å²) in [6, 6.07) is 14.1. The third kappa shape index (κ3) is 6.76. The molecule has 0 fully saturated rings. The normalized spacial score (nSPS) is 10.5. The van der Waals surface area contributed by atoms with Crippen molar-refractivity contribution in [3.05, 3.63) is 64.7 Å². The molecule has 2 N–H and O–H groups in total. The molecular weight excluding hydrogens is 352 g/mol. The maximum absolute atomic E-state index is 12.0. The van der Waals surface area contributed by atoms with E-state index in [2.05, 4.69) is 10.9 Å². The molecule has 0 aliphatic rings. The lowest BCUT2D eigenvalue weighted by Gasteiger charge is -2.09. The van der Waals surface area contributed by atoms with Gasteiger partial charge in [-0.05, 0) is 54.3 Å². The molecule has 0 radical (unpaired) electrons. The Kier molecular flexibility index (Phi) is 7.48. The second-order valence-electron chi connectivity index (χ2n) is 6.37. The topological polar surface area (TPSA) is 67.4 Å². The van der Waals surface area contributed by atoms with Gasteiger partial charge in [0.1, 0.15) is 12.4 Å². The standard InChI is InChI=1S/C20H23ClN2O3/c1-14(2)3-12-19(24)22-23-20(25)16-6-4-15(5-7-16)13-26-18-10-8-17(21)9-11-18/h4-11,14H,3,12-13H2,1-2H3,(H,22,24)(H,23,25). The third-order valence-electron chi connectivity index (χ3n) is 3.70. The van der Waals surface area contributed by atoms with E-state index in [4.69, 9.17) is 16.3 Å². The zero-order valence-electron chi connectivity index (χ0n) is 14.9. The second-order valence-corrected chi connectivity index (χ2v) is 6.81. The fourth-order valence-electron chi connectivity index (χ4n) is 2.13. The molecule has 0 saturated carbocycles. The number of rotatable bonds is 7. The van der Waals surface area contributed by atoms with Gasteiger partial charge >= 0.3 is 0 Å². The predicted octanol–water partition coefficient (Wildman–Crippen LogP) is 4.12. The molecule has 0 spiro atoms. The Bertz CT molecular complexity index is 728. The van der Waals surface area contributed by atoms with Gasteiger partial charge in [0, 0.05) is 17.0 Å². The first kappa shape index (κ1) is 19.8. The van der Waals surface area contributed by atoms with Crippen molar-refractivity contribution in [2.45, 2.75) is 33.3 Å². The minimum Gasteiger partial charge on any atom is -0.489 e. The van der Waals surface area contributed by atoms with Gasteiger partial charge in [0.05, 0.1) is 0 Å². The van der Waals surface area contributed by atoms with E-state index in [9.17, 15) is 9.59 Å². The first-order valence-corrected chi connectivity index (χ1v) is 8.88. The van der Waals surface area contributed by atoms with Gasteiger partial charge < -0.3 is 4.74 Å². The quantitative estimate of drug-likeness (QED) is 0.716. The number of hydrogen-bond donors (Lipinski definition) is 2. The second kappa shape index (κ2) is 9.82. The van der Waals surface area contributed by atoms with Gasteiger partial charge in [0.25, 0.3) is 5.91 Å². The van der Waals surface area contributed by atoms with E-state index in [0.717, 1.165) is 17.7 Å². The van der Waals surface area contributed by atoms with Gasteiger partial charge in [-0.15, -0.1) is 0 Å². The largest absolute Gasteiger partial charge is 0.489 e. The lowest BCUT2D eigenvalue weighted by molar-refractivity contribution is -0.122. The molecule has 6 heteroatoms. The first-order chi connectivity index (χ1) is 12.4. The molecule has 2 rings (SSSR count). The highest BCUT2D eigenvalue weighted by Gasteiger charge is 2.08. The molecule has 26 heavy (non-hydrogen) atoms. The number of nitrogens with one attached hydrogen (secondary N) is 2. The monoisotopic (exact) mass is 374 g/mol. The minimum absolute atomic E-state index is 0.194. The molecule has 138 valence electrons. The Morgan fingerprint density at radius 2 is 1.65 bits per heavy atom. The molecule has 2 aromatic rings. The number of amides is 2. The molecule has 0 unspecified atom stereocenters. The number of hydrogen-bond acceptors (Lipinski definition) is 3. The molecule has 0 aromatic heterocycles. The summed E-state index contributed by atoms with van der Waals surface area (Å²) in [6.45, 7) is 4.48. The zero-order chi connectivity index (χ0) is 18.9. The van der Waals surface area contributed by atoms with E-state index in [1.54, 1.807) is 36.4 Å². The molecule has 0 saturated heterocycles. The van der Waals surface area contributed by atoms with Crippen LogP contribution < -0.4 is 15.6 Å². The van der Waals surface area contributed by atoms with Crippen molar-refractivity contribution in [1.29, 1.82) is 0 Å². The Labute approximate surface area is 158 Å². The van der Waals surface area contributed by atoms with Gasteiger partial charge in [0.2, 0.25) is 5.91 Å². The van der Waals surface area contributed by atoms with Gasteiger partial charge in [0.15, 0.2) is 0 Å². The van der Waals surface area contributed by atoms with Crippen molar-refractivity contribution < 1.29 is 14.3 Å². The van der Waals surface area contributed by atoms with Gasteiger partial charge in [-0.3, -0.25) is 20.4 Å². The fraction of sp³-hybridized carbons (Fsp3) is 0.300. The summed E-state index contributed by atoms with van der Waals surface area (Å²) in [4.78, 5) is 23.7.